The predicted molar refractivity (Wildman–Crippen MR) is 90.0 cm³/mol. The van der Waals surface area contributed by atoms with Crippen LogP contribution in [0.4, 0.5) is 0 Å². The molecule has 0 bridgehead atoms. The number of hydroxylamine groups is 2. The minimum Gasteiger partial charge on any atom is -0.292 e. The van der Waals surface area contributed by atoms with Gasteiger partial charge in [-0.15, -0.1) is 0 Å². The Balaban J connectivity index is 2.18. The van der Waals surface area contributed by atoms with Crippen LogP contribution in [0.5, 0.6) is 0 Å². The molecule has 0 amide bonds. The summed E-state index contributed by atoms with van der Waals surface area (Å²) in [7, 11) is 0. The standard InChI is InChI=1S/C19H37NO/c1-13(2)9-10-19(8)11-15(5)17-16(12-19)18(6,7)21-20(17)14(3)4/h13-17H,9-12H2,1-8H3. The van der Waals surface area contributed by atoms with Crippen molar-refractivity contribution in [2.24, 2.45) is 23.2 Å². The fourth-order valence-electron chi connectivity index (χ4n) is 4.81. The molecule has 0 aromatic carbocycles. The molecule has 4 unspecified atom stereocenters. The normalized spacial score (nSPS) is 40.0. The van der Waals surface area contributed by atoms with E-state index in [0.717, 1.165) is 11.8 Å². The second kappa shape index (κ2) is 5.85. The molecule has 2 rings (SSSR count). The lowest BCUT2D eigenvalue weighted by molar-refractivity contribution is -0.215. The monoisotopic (exact) mass is 295 g/mol. The maximum Gasteiger partial charge on any atom is 0.0888 e. The highest BCUT2D eigenvalue weighted by Gasteiger charge is 2.56. The van der Waals surface area contributed by atoms with E-state index in [0.29, 0.717) is 23.4 Å². The third-order valence-corrected chi connectivity index (χ3v) is 5.88. The molecule has 1 aliphatic carbocycles. The molecule has 2 fully saturated rings. The molecule has 1 saturated heterocycles. The first-order chi connectivity index (χ1) is 9.56. The van der Waals surface area contributed by atoms with E-state index in [9.17, 15) is 0 Å². The van der Waals surface area contributed by atoms with Crippen LogP contribution in [-0.4, -0.2) is 22.7 Å². The van der Waals surface area contributed by atoms with Crippen LogP contribution in [0.25, 0.3) is 0 Å². The Hall–Kier alpha value is -0.0800. The van der Waals surface area contributed by atoms with E-state index in [1.165, 1.54) is 25.7 Å². The smallest absolute Gasteiger partial charge is 0.0888 e. The summed E-state index contributed by atoms with van der Waals surface area (Å²) in [6.45, 7) is 18.8. The summed E-state index contributed by atoms with van der Waals surface area (Å²) in [4.78, 5) is 6.38. The lowest BCUT2D eigenvalue weighted by Crippen LogP contribution is -2.48. The summed E-state index contributed by atoms with van der Waals surface area (Å²) in [6, 6.07) is 1.08. The molecule has 21 heavy (non-hydrogen) atoms. The molecule has 0 aromatic heterocycles. The Kier molecular flexibility index (Phi) is 4.81. The maximum atomic E-state index is 6.38. The van der Waals surface area contributed by atoms with E-state index in [1.54, 1.807) is 0 Å². The summed E-state index contributed by atoms with van der Waals surface area (Å²) >= 11 is 0. The summed E-state index contributed by atoms with van der Waals surface area (Å²) < 4.78 is 0. The predicted octanol–water partition coefficient (Wildman–Crippen LogP) is 5.28. The molecule has 2 nitrogen and oxygen atoms in total. The Morgan fingerprint density at radius 3 is 2.24 bits per heavy atom. The van der Waals surface area contributed by atoms with Gasteiger partial charge in [-0.3, -0.25) is 4.84 Å². The molecule has 1 saturated carbocycles. The van der Waals surface area contributed by atoms with Gasteiger partial charge in [-0.1, -0.05) is 34.1 Å². The molecule has 0 N–H and O–H groups in total. The van der Waals surface area contributed by atoms with Crippen molar-refractivity contribution < 1.29 is 4.84 Å². The van der Waals surface area contributed by atoms with E-state index in [4.69, 9.17) is 4.84 Å². The number of rotatable bonds is 4. The van der Waals surface area contributed by atoms with Crippen molar-refractivity contribution >= 4 is 0 Å². The highest BCUT2D eigenvalue weighted by molar-refractivity contribution is 5.03. The van der Waals surface area contributed by atoms with Crippen LogP contribution in [0.1, 0.15) is 81.1 Å². The van der Waals surface area contributed by atoms with E-state index in [-0.39, 0.29) is 5.60 Å². The van der Waals surface area contributed by atoms with E-state index < -0.39 is 0 Å². The molecule has 0 spiro atoms. The average Bonchev–Trinajstić information content (AvgIpc) is 2.60. The molecule has 2 aliphatic rings. The van der Waals surface area contributed by atoms with Gasteiger partial charge >= 0.3 is 0 Å². The number of fused-ring (bicyclic) bond motifs is 1. The van der Waals surface area contributed by atoms with Gasteiger partial charge in [0.2, 0.25) is 0 Å². The number of nitrogens with zero attached hydrogens (tertiary/aromatic N) is 1. The van der Waals surface area contributed by atoms with Crippen molar-refractivity contribution in [1.29, 1.82) is 0 Å². The maximum absolute atomic E-state index is 6.38. The first-order valence-electron chi connectivity index (χ1n) is 9.03. The molecule has 4 atom stereocenters. The minimum atomic E-state index is -0.0112. The van der Waals surface area contributed by atoms with Gasteiger partial charge in [0.1, 0.15) is 0 Å². The Bertz CT molecular complexity index is 363. The van der Waals surface area contributed by atoms with Crippen LogP contribution >= 0.6 is 0 Å². The van der Waals surface area contributed by atoms with Crippen LogP contribution in [0, 0.1) is 23.2 Å². The van der Waals surface area contributed by atoms with Gasteiger partial charge in [-0.05, 0) is 64.2 Å². The first kappa shape index (κ1) is 17.3. The van der Waals surface area contributed by atoms with Crippen LogP contribution in [0.2, 0.25) is 0 Å². The van der Waals surface area contributed by atoms with Crippen LogP contribution < -0.4 is 0 Å². The third-order valence-electron chi connectivity index (χ3n) is 5.88. The second-order valence-electron chi connectivity index (χ2n) is 9.37. The molecule has 0 aromatic rings. The van der Waals surface area contributed by atoms with Crippen molar-refractivity contribution in [3.05, 3.63) is 0 Å². The van der Waals surface area contributed by atoms with Gasteiger partial charge < -0.3 is 0 Å². The van der Waals surface area contributed by atoms with Crippen LogP contribution in [0.3, 0.4) is 0 Å². The lowest BCUT2D eigenvalue weighted by Gasteiger charge is -2.47. The first-order valence-corrected chi connectivity index (χ1v) is 9.03. The fraction of sp³-hybridized carbons (Fsp3) is 1.00. The molecule has 1 heterocycles. The van der Waals surface area contributed by atoms with Gasteiger partial charge in [0.25, 0.3) is 0 Å². The van der Waals surface area contributed by atoms with Gasteiger partial charge in [-0.25, -0.2) is 0 Å². The molecular formula is C19H37NO. The van der Waals surface area contributed by atoms with Crippen molar-refractivity contribution in [3.63, 3.8) is 0 Å². The van der Waals surface area contributed by atoms with Gasteiger partial charge in [-0.2, -0.15) is 5.06 Å². The minimum absolute atomic E-state index is 0.0112. The van der Waals surface area contributed by atoms with E-state index in [1.807, 2.05) is 0 Å². The summed E-state index contributed by atoms with van der Waals surface area (Å²) in [6.07, 6.45) is 5.40. The highest BCUT2D eigenvalue weighted by Crippen LogP contribution is 2.54. The molecular weight excluding hydrogens is 258 g/mol. The average molecular weight is 296 g/mol. The van der Waals surface area contributed by atoms with Crippen LogP contribution in [0.15, 0.2) is 0 Å². The highest BCUT2D eigenvalue weighted by atomic mass is 16.7. The van der Waals surface area contributed by atoms with Crippen LogP contribution in [-0.2, 0) is 4.84 Å². The number of hydrogen-bond acceptors (Lipinski definition) is 2. The van der Waals surface area contributed by atoms with E-state index in [2.05, 4.69) is 60.5 Å². The van der Waals surface area contributed by atoms with Crippen molar-refractivity contribution in [3.8, 4) is 0 Å². The summed E-state index contributed by atoms with van der Waals surface area (Å²) in [5, 5.41) is 2.32. The Morgan fingerprint density at radius 2 is 1.71 bits per heavy atom. The van der Waals surface area contributed by atoms with E-state index >= 15 is 0 Å². The zero-order chi connectivity index (χ0) is 16.0. The van der Waals surface area contributed by atoms with Crippen molar-refractivity contribution in [2.45, 2.75) is 98.8 Å². The molecule has 1 aliphatic heterocycles. The Labute approximate surface area is 132 Å². The molecule has 124 valence electrons. The quantitative estimate of drug-likeness (QED) is 0.700. The van der Waals surface area contributed by atoms with Gasteiger partial charge in [0, 0.05) is 18.0 Å². The SMILES string of the molecule is CC(C)CCC1(C)CC(C)C2C(C1)C(C)(C)ON2C(C)C. The molecule has 2 heteroatoms. The Morgan fingerprint density at radius 1 is 1.10 bits per heavy atom. The second-order valence-corrected chi connectivity index (χ2v) is 9.37. The third kappa shape index (κ3) is 3.47. The van der Waals surface area contributed by atoms with Gasteiger partial charge in [0.05, 0.1) is 5.60 Å². The molecule has 0 radical (unpaired) electrons. The summed E-state index contributed by atoms with van der Waals surface area (Å²) in [5.74, 6) is 2.21. The van der Waals surface area contributed by atoms with Gasteiger partial charge in [0.15, 0.2) is 0 Å². The zero-order valence-electron chi connectivity index (χ0n) is 15.6. The topological polar surface area (TPSA) is 12.5 Å². The van der Waals surface area contributed by atoms with Crippen molar-refractivity contribution in [2.75, 3.05) is 0 Å². The summed E-state index contributed by atoms with van der Waals surface area (Å²) in [5.41, 5.74) is 0.487. The van der Waals surface area contributed by atoms with Crippen molar-refractivity contribution in [1.82, 2.24) is 5.06 Å². The zero-order valence-corrected chi connectivity index (χ0v) is 15.6. The lowest BCUT2D eigenvalue weighted by atomic mass is 9.59. The number of hydrogen-bond donors (Lipinski definition) is 0. The largest absolute Gasteiger partial charge is 0.292 e. The fourth-order valence-corrected chi connectivity index (χ4v) is 4.81.